The fraction of sp³-hybridized carbons (Fsp3) is 0.120. The molecule has 8 nitrogen and oxygen atoms in total. The summed E-state index contributed by atoms with van der Waals surface area (Å²) in [7, 11) is 0. The molecule has 2 heterocycles. The molecule has 5 aromatic rings. The minimum Gasteiger partial charge on any atom is -0.465 e. The number of hydrogen-bond donors (Lipinski definition) is 3. The summed E-state index contributed by atoms with van der Waals surface area (Å²) in [5.74, 6) is -0.748. The summed E-state index contributed by atoms with van der Waals surface area (Å²) in [6.07, 6.45) is -0.892. The molecule has 10 heteroatoms. The molecule has 0 spiro atoms. The predicted octanol–water partition coefficient (Wildman–Crippen LogP) is 4.84. The molecule has 3 N–H and O–H groups in total. The third kappa shape index (κ3) is 4.10. The minimum absolute atomic E-state index is 0.185. The summed E-state index contributed by atoms with van der Waals surface area (Å²) in [6, 6.07) is 13.6. The van der Waals surface area contributed by atoms with Gasteiger partial charge >= 0.3 is 6.09 Å². The molecule has 3 aromatic carbocycles. The van der Waals surface area contributed by atoms with Crippen LogP contribution in [0.5, 0.6) is 0 Å². The van der Waals surface area contributed by atoms with Crippen molar-refractivity contribution in [3.05, 3.63) is 87.8 Å². The Morgan fingerprint density at radius 3 is 2.66 bits per heavy atom. The molecule has 0 saturated heterocycles. The molecule has 0 bridgehead atoms. The lowest BCUT2D eigenvalue weighted by Crippen LogP contribution is -2.29. The van der Waals surface area contributed by atoms with E-state index >= 15 is 0 Å². The number of aromatic amines is 2. The average molecular weight is 475 g/mol. The number of nitrogens with zero attached hydrogens (tertiary/aromatic N) is 3. The van der Waals surface area contributed by atoms with Crippen molar-refractivity contribution in [3.63, 3.8) is 0 Å². The number of carboxylic acid groups (broad SMARTS) is 1. The predicted molar refractivity (Wildman–Crippen MR) is 128 cm³/mol. The molecule has 0 atom stereocenters. The van der Waals surface area contributed by atoms with Gasteiger partial charge in [0.1, 0.15) is 11.6 Å². The standard InChI is InChI=1S/C25H19F2N5O3/c1-2-32(25(34)35)24-28-20-8-4-14(11-22(20)29-24)17-9-13(3-7-19(17)27)10-21-18-12-15(26)5-6-16(18)23(33)31-30-21/h3-9,11-12H,2,10H2,1H3,(H,28,29)(H,31,33)(H,34,35). The molecular weight excluding hydrogens is 456 g/mol. The number of benzene rings is 3. The van der Waals surface area contributed by atoms with E-state index in [0.29, 0.717) is 44.2 Å². The smallest absolute Gasteiger partial charge is 0.414 e. The molecule has 0 aliphatic heterocycles. The first-order chi connectivity index (χ1) is 16.8. The Bertz CT molecular complexity index is 1660. The summed E-state index contributed by atoms with van der Waals surface area (Å²) in [4.78, 5) is 31.9. The van der Waals surface area contributed by atoms with Gasteiger partial charge in [-0.15, -0.1) is 0 Å². The van der Waals surface area contributed by atoms with Crippen molar-refractivity contribution < 1.29 is 18.7 Å². The number of aromatic nitrogens is 4. The maximum atomic E-state index is 14.8. The third-order valence-corrected chi connectivity index (χ3v) is 5.82. The van der Waals surface area contributed by atoms with Gasteiger partial charge in [0, 0.05) is 23.9 Å². The van der Waals surface area contributed by atoms with Crippen LogP contribution in [-0.4, -0.2) is 37.9 Å². The molecular formula is C25H19F2N5O3. The van der Waals surface area contributed by atoms with Gasteiger partial charge < -0.3 is 10.1 Å². The highest BCUT2D eigenvalue weighted by atomic mass is 19.1. The first-order valence-electron chi connectivity index (χ1n) is 10.8. The van der Waals surface area contributed by atoms with Crippen LogP contribution in [0.4, 0.5) is 19.5 Å². The summed E-state index contributed by atoms with van der Waals surface area (Å²) >= 11 is 0. The molecule has 0 radical (unpaired) electrons. The van der Waals surface area contributed by atoms with E-state index in [1.807, 2.05) is 0 Å². The van der Waals surface area contributed by atoms with Gasteiger partial charge in [-0.05, 0) is 60.5 Å². The first kappa shape index (κ1) is 22.2. The second-order valence-electron chi connectivity index (χ2n) is 8.00. The number of halogens is 2. The molecule has 5 rings (SSSR count). The SMILES string of the molecule is CCN(C(=O)O)c1nc2cc(-c3cc(Cc4n[nH]c(=O)c5ccc(F)cc45)ccc3F)ccc2[nH]1. The average Bonchev–Trinajstić information content (AvgIpc) is 3.25. The largest absolute Gasteiger partial charge is 0.465 e. The lowest BCUT2D eigenvalue weighted by molar-refractivity contribution is 0.202. The van der Waals surface area contributed by atoms with E-state index in [2.05, 4.69) is 20.2 Å². The van der Waals surface area contributed by atoms with Gasteiger partial charge in [0.15, 0.2) is 0 Å². The van der Waals surface area contributed by atoms with Crippen LogP contribution in [0.3, 0.4) is 0 Å². The van der Waals surface area contributed by atoms with Crippen LogP contribution < -0.4 is 10.5 Å². The van der Waals surface area contributed by atoms with E-state index in [9.17, 15) is 23.5 Å². The van der Waals surface area contributed by atoms with Crippen molar-refractivity contribution in [2.24, 2.45) is 0 Å². The molecule has 0 saturated carbocycles. The molecule has 0 unspecified atom stereocenters. The zero-order chi connectivity index (χ0) is 24.7. The van der Waals surface area contributed by atoms with Gasteiger partial charge in [-0.3, -0.25) is 4.79 Å². The molecule has 1 amide bonds. The topological polar surface area (TPSA) is 115 Å². The van der Waals surface area contributed by atoms with Crippen molar-refractivity contribution in [2.75, 3.05) is 11.4 Å². The van der Waals surface area contributed by atoms with Gasteiger partial charge in [0.05, 0.1) is 22.1 Å². The van der Waals surface area contributed by atoms with E-state index in [4.69, 9.17) is 0 Å². The number of imidazole rings is 1. The Kier molecular flexibility index (Phi) is 5.48. The molecule has 176 valence electrons. The zero-order valence-electron chi connectivity index (χ0n) is 18.5. The Morgan fingerprint density at radius 1 is 1.06 bits per heavy atom. The Labute approximate surface area is 196 Å². The summed E-state index contributed by atoms with van der Waals surface area (Å²) in [5, 5.41) is 16.6. The fourth-order valence-electron chi connectivity index (χ4n) is 4.09. The molecule has 0 aliphatic carbocycles. The minimum atomic E-state index is -1.13. The van der Waals surface area contributed by atoms with Crippen molar-refractivity contribution >= 4 is 33.8 Å². The van der Waals surface area contributed by atoms with Crippen molar-refractivity contribution in [1.82, 2.24) is 20.2 Å². The second kappa shape index (κ2) is 8.64. The van der Waals surface area contributed by atoms with Crippen LogP contribution in [0.2, 0.25) is 0 Å². The summed E-state index contributed by atoms with van der Waals surface area (Å²) in [6.45, 7) is 1.92. The number of anilines is 1. The lowest BCUT2D eigenvalue weighted by Gasteiger charge is -2.12. The van der Waals surface area contributed by atoms with Crippen LogP contribution in [-0.2, 0) is 6.42 Å². The fourth-order valence-corrected chi connectivity index (χ4v) is 4.09. The van der Waals surface area contributed by atoms with E-state index < -0.39 is 23.3 Å². The maximum absolute atomic E-state index is 14.8. The highest BCUT2D eigenvalue weighted by Gasteiger charge is 2.17. The van der Waals surface area contributed by atoms with Crippen LogP contribution in [0, 0.1) is 11.6 Å². The Hall–Kier alpha value is -4.60. The number of carbonyl (C=O) groups is 1. The maximum Gasteiger partial charge on any atom is 0.414 e. The monoisotopic (exact) mass is 475 g/mol. The third-order valence-electron chi connectivity index (χ3n) is 5.82. The van der Waals surface area contributed by atoms with Gasteiger partial charge in [0.2, 0.25) is 5.95 Å². The van der Waals surface area contributed by atoms with Crippen LogP contribution in [0.1, 0.15) is 18.2 Å². The summed E-state index contributed by atoms with van der Waals surface area (Å²) < 4.78 is 28.7. The molecule has 35 heavy (non-hydrogen) atoms. The number of hydrogen-bond acceptors (Lipinski definition) is 4. The van der Waals surface area contributed by atoms with E-state index in [1.54, 1.807) is 37.3 Å². The lowest BCUT2D eigenvalue weighted by atomic mass is 9.98. The van der Waals surface area contributed by atoms with Gasteiger partial charge in [-0.25, -0.2) is 28.6 Å². The number of H-pyrrole nitrogens is 2. The Morgan fingerprint density at radius 2 is 1.89 bits per heavy atom. The number of amides is 1. The van der Waals surface area contributed by atoms with E-state index in [0.717, 1.165) is 4.90 Å². The highest BCUT2D eigenvalue weighted by Crippen LogP contribution is 2.29. The number of fused-ring (bicyclic) bond motifs is 2. The van der Waals surface area contributed by atoms with E-state index in [1.165, 1.54) is 24.3 Å². The van der Waals surface area contributed by atoms with Crippen molar-refractivity contribution in [2.45, 2.75) is 13.3 Å². The molecule has 2 aromatic heterocycles. The quantitative estimate of drug-likeness (QED) is 0.337. The highest BCUT2D eigenvalue weighted by molar-refractivity contribution is 5.89. The zero-order valence-corrected chi connectivity index (χ0v) is 18.5. The van der Waals surface area contributed by atoms with Crippen LogP contribution in [0.25, 0.3) is 32.9 Å². The van der Waals surface area contributed by atoms with Crippen molar-refractivity contribution in [3.8, 4) is 11.1 Å². The second-order valence-corrected chi connectivity index (χ2v) is 8.00. The first-order valence-corrected chi connectivity index (χ1v) is 10.8. The normalized spacial score (nSPS) is 11.3. The van der Waals surface area contributed by atoms with E-state index in [-0.39, 0.29) is 18.9 Å². The molecule has 0 aliphatic rings. The van der Waals surface area contributed by atoms with Gasteiger partial charge in [-0.2, -0.15) is 5.10 Å². The number of rotatable bonds is 5. The summed E-state index contributed by atoms with van der Waals surface area (Å²) in [5.41, 5.74) is 2.73. The van der Waals surface area contributed by atoms with Gasteiger partial charge in [0.25, 0.3) is 5.56 Å². The van der Waals surface area contributed by atoms with Crippen LogP contribution in [0.15, 0.2) is 59.4 Å². The van der Waals surface area contributed by atoms with Crippen molar-refractivity contribution in [1.29, 1.82) is 0 Å². The van der Waals surface area contributed by atoms with Gasteiger partial charge in [-0.1, -0.05) is 12.1 Å². The number of nitrogens with one attached hydrogen (secondary N) is 2. The Balaban J connectivity index is 1.53. The molecule has 0 fully saturated rings. The van der Waals surface area contributed by atoms with Crippen LogP contribution >= 0.6 is 0 Å².